The molecule has 0 saturated carbocycles. The lowest BCUT2D eigenvalue weighted by molar-refractivity contribution is 0.279. The van der Waals surface area contributed by atoms with E-state index in [9.17, 15) is 0 Å². The molecule has 218 valence electrons. The molecule has 0 saturated heterocycles. The molecule has 0 unspecified atom stereocenters. The Morgan fingerprint density at radius 2 is 0.909 bits per heavy atom. The molecule has 0 radical (unpaired) electrons. The van der Waals surface area contributed by atoms with Gasteiger partial charge in [0.15, 0.2) is 0 Å². The number of benzene rings is 2. The van der Waals surface area contributed by atoms with E-state index in [1.165, 1.54) is 11.1 Å². The molecule has 7 heteroatoms. The van der Waals surface area contributed by atoms with Crippen molar-refractivity contribution in [1.29, 1.82) is 0 Å². The SMILES string of the molecule is CC1(C)COC(c2ccc(-c3cc(-c4ccc(-c5ccccc5)cc4)cc(-c4ccc(C5=NC(C)(C)CO5)cn4)n3)nc2)=N1. The Kier molecular flexibility index (Phi) is 6.81. The predicted molar refractivity (Wildman–Crippen MR) is 175 cm³/mol. The summed E-state index contributed by atoms with van der Waals surface area (Å²) in [5.74, 6) is 1.25. The van der Waals surface area contributed by atoms with Crippen LogP contribution in [0.25, 0.3) is 45.0 Å². The average molecular weight is 580 g/mol. The minimum absolute atomic E-state index is 0.232. The van der Waals surface area contributed by atoms with E-state index in [0.717, 1.165) is 45.0 Å². The first-order valence-corrected chi connectivity index (χ1v) is 14.8. The summed E-state index contributed by atoms with van der Waals surface area (Å²) in [6, 6.07) is 31.0. The first-order valence-electron chi connectivity index (χ1n) is 14.8. The van der Waals surface area contributed by atoms with Gasteiger partial charge in [-0.25, -0.2) is 15.0 Å². The Morgan fingerprint density at radius 1 is 0.477 bits per heavy atom. The zero-order valence-corrected chi connectivity index (χ0v) is 25.3. The zero-order chi connectivity index (χ0) is 30.3. The monoisotopic (exact) mass is 579 g/mol. The summed E-state index contributed by atoms with van der Waals surface area (Å²) in [4.78, 5) is 23.9. The minimum Gasteiger partial charge on any atom is -0.475 e. The highest BCUT2D eigenvalue weighted by atomic mass is 16.5. The van der Waals surface area contributed by atoms with Crippen LogP contribution >= 0.6 is 0 Å². The maximum atomic E-state index is 5.82. The molecule has 7 nitrogen and oxygen atoms in total. The number of aliphatic imine (C=N–C) groups is 2. The third-order valence-electron chi connectivity index (χ3n) is 7.63. The van der Waals surface area contributed by atoms with Crippen molar-refractivity contribution in [2.75, 3.05) is 13.2 Å². The molecular weight excluding hydrogens is 546 g/mol. The maximum absolute atomic E-state index is 5.82. The maximum Gasteiger partial charge on any atom is 0.218 e. The standard InChI is InChI=1S/C37H33N5O2/c1-36(2)22-43-34(41-36)27-14-16-30(38-20-27)32-18-29(26-12-10-25(11-13-26)24-8-6-5-7-9-24)19-33(40-32)31-17-15-28(21-39-31)35-42-37(3,4)23-44-35/h5-21H,22-23H2,1-4H3. The molecule has 44 heavy (non-hydrogen) atoms. The van der Waals surface area contributed by atoms with E-state index in [1.807, 2.05) is 30.3 Å². The summed E-state index contributed by atoms with van der Waals surface area (Å²) in [7, 11) is 0. The van der Waals surface area contributed by atoms with Crippen LogP contribution in [0.4, 0.5) is 0 Å². The predicted octanol–water partition coefficient (Wildman–Crippen LogP) is 7.65. The van der Waals surface area contributed by atoms with Gasteiger partial charge in [0.05, 0.1) is 45.0 Å². The van der Waals surface area contributed by atoms with E-state index in [4.69, 9.17) is 24.4 Å². The van der Waals surface area contributed by atoms with Crippen molar-refractivity contribution in [3.05, 3.63) is 115 Å². The fourth-order valence-corrected chi connectivity index (χ4v) is 5.25. The van der Waals surface area contributed by atoms with Crippen molar-refractivity contribution in [2.45, 2.75) is 38.8 Å². The smallest absolute Gasteiger partial charge is 0.218 e. The molecule has 0 aliphatic carbocycles. The number of aromatic nitrogens is 3. The van der Waals surface area contributed by atoms with Crippen LogP contribution in [-0.2, 0) is 9.47 Å². The lowest BCUT2D eigenvalue weighted by atomic mass is 9.99. The summed E-state index contributed by atoms with van der Waals surface area (Å²) in [6.07, 6.45) is 3.60. The molecule has 2 aromatic carbocycles. The molecule has 0 N–H and O–H groups in total. The Labute approximate surface area is 257 Å². The van der Waals surface area contributed by atoms with Crippen LogP contribution in [0.15, 0.2) is 113 Å². The number of rotatable bonds is 6. The highest BCUT2D eigenvalue weighted by Gasteiger charge is 2.28. The minimum atomic E-state index is -0.232. The van der Waals surface area contributed by atoms with Gasteiger partial charge in [-0.3, -0.25) is 9.97 Å². The van der Waals surface area contributed by atoms with Gasteiger partial charge in [0.1, 0.15) is 13.2 Å². The van der Waals surface area contributed by atoms with Crippen LogP contribution in [-0.4, -0.2) is 51.0 Å². The van der Waals surface area contributed by atoms with Gasteiger partial charge in [-0.2, -0.15) is 0 Å². The molecule has 2 aliphatic heterocycles. The number of hydrogen-bond donors (Lipinski definition) is 0. The molecule has 0 bridgehead atoms. The Hall–Kier alpha value is -5.17. The third-order valence-corrected chi connectivity index (χ3v) is 7.63. The summed E-state index contributed by atoms with van der Waals surface area (Å²) >= 11 is 0. The second-order valence-electron chi connectivity index (χ2n) is 12.5. The van der Waals surface area contributed by atoms with Crippen LogP contribution < -0.4 is 0 Å². The fourth-order valence-electron chi connectivity index (χ4n) is 5.25. The van der Waals surface area contributed by atoms with Crippen LogP contribution in [0.5, 0.6) is 0 Å². The molecule has 0 fully saturated rings. The van der Waals surface area contributed by atoms with E-state index in [2.05, 4.69) is 98.3 Å². The summed E-state index contributed by atoms with van der Waals surface area (Å²) in [6.45, 7) is 9.34. The van der Waals surface area contributed by atoms with E-state index >= 15 is 0 Å². The Morgan fingerprint density at radius 3 is 1.32 bits per heavy atom. The molecule has 0 atom stereocenters. The molecule has 7 rings (SSSR count). The van der Waals surface area contributed by atoms with Crippen molar-refractivity contribution in [1.82, 2.24) is 15.0 Å². The Bertz CT molecular complexity index is 1780. The second kappa shape index (κ2) is 10.8. The third kappa shape index (κ3) is 5.73. The highest BCUT2D eigenvalue weighted by Crippen LogP contribution is 2.31. The Balaban J connectivity index is 1.26. The number of pyridine rings is 3. The zero-order valence-electron chi connectivity index (χ0n) is 25.3. The van der Waals surface area contributed by atoms with Crippen LogP contribution in [0.3, 0.4) is 0 Å². The van der Waals surface area contributed by atoms with Crippen LogP contribution in [0, 0.1) is 0 Å². The number of nitrogens with zero attached hydrogens (tertiary/aromatic N) is 5. The van der Waals surface area contributed by atoms with Gasteiger partial charge in [0, 0.05) is 12.4 Å². The summed E-state index contributed by atoms with van der Waals surface area (Å²) in [5.41, 5.74) is 8.70. The van der Waals surface area contributed by atoms with E-state index in [0.29, 0.717) is 25.0 Å². The van der Waals surface area contributed by atoms with E-state index in [-0.39, 0.29) is 11.1 Å². The van der Waals surface area contributed by atoms with Crippen molar-refractivity contribution in [2.24, 2.45) is 9.98 Å². The molecule has 2 aliphatic rings. The topological polar surface area (TPSA) is 81.9 Å². The van der Waals surface area contributed by atoms with Crippen molar-refractivity contribution in [3.63, 3.8) is 0 Å². The van der Waals surface area contributed by atoms with Crippen molar-refractivity contribution >= 4 is 11.8 Å². The van der Waals surface area contributed by atoms with Crippen molar-refractivity contribution < 1.29 is 9.47 Å². The van der Waals surface area contributed by atoms with Gasteiger partial charge in [0.25, 0.3) is 0 Å². The number of ether oxygens (including phenoxy) is 2. The molecular formula is C37H33N5O2. The van der Waals surface area contributed by atoms with Crippen molar-refractivity contribution in [3.8, 4) is 45.0 Å². The first-order chi connectivity index (χ1) is 21.2. The van der Waals surface area contributed by atoms with Gasteiger partial charge >= 0.3 is 0 Å². The van der Waals surface area contributed by atoms with E-state index < -0.39 is 0 Å². The van der Waals surface area contributed by atoms with Gasteiger partial charge in [0.2, 0.25) is 11.8 Å². The highest BCUT2D eigenvalue weighted by molar-refractivity contribution is 5.96. The quantitative estimate of drug-likeness (QED) is 0.206. The second-order valence-corrected chi connectivity index (χ2v) is 12.5. The lowest BCUT2D eigenvalue weighted by Crippen LogP contribution is -2.17. The lowest BCUT2D eigenvalue weighted by Gasteiger charge is -2.11. The van der Waals surface area contributed by atoms with Gasteiger partial charge in [-0.05, 0) is 86.3 Å². The largest absolute Gasteiger partial charge is 0.475 e. The molecule has 0 amide bonds. The molecule has 5 heterocycles. The normalized spacial score (nSPS) is 16.5. The average Bonchev–Trinajstić information content (AvgIpc) is 3.62. The van der Waals surface area contributed by atoms with Crippen LogP contribution in [0.2, 0.25) is 0 Å². The van der Waals surface area contributed by atoms with Gasteiger partial charge in [-0.1, -0.05) is 54.6 Å². The van der Waals surface area contributed by atoms with Gasteiger partial charge < -0.3 is 9.47 Å². The number of hydrogen-bond acceptors (Lipinski definition) is 7. The summed E-state index contributed by atoms with van der Waals surface area (Å²) in [5, 5.41) is 0. The molecule has 0 spiro atoms. The van der Waals surface area contributed by atoms with E-state index in [1.54, 1.807) is 12.4 Å². The van der Waals surface area contributed by atoms with Crippen LogP contribution in [0.1, 0.15) is 38.8 Å². The first kappa shape index (κ1) is 27.7. The molecule has 5 aromatic rings. The fraction of sp³-hybridized carbons (Fsp3) is 0.216. The molecule has 3 aromatic heterocycles. The van der Waals surface area contributed by atoms with Gasteiger partial charge in [-0.15, -0.1) is 0 Å². The summed E-state index contributed by atoms with van der Waals surface area (Å²) < 4.78 is 11.6.